The molecule has 1 heterocycles. The standard InChI is InChI=1S/C12H22N2O2/c1-3-7(2)6-9(15)14-11-10(13)8-4-5-16-12(8)11/h7-8,10-12H,3-6,13H2,1-2H3,(H,14,15). The third kappa shape index (κ3) is 2.09. The van der Waals surface area contributed by atoms with Crippen molar-refractivity contribution in [3.63, 3.8) is 0 Å². The summed E-state index contributed by atoms with van der Waals surface area (Å²) < 4.78 is 5.57. The van der Waals surface area contributed by atoms with E-state index in [2.05, 4.69) is 19.2 Å². The molecule has 2 aliphatic rings. The summed E-state index contributed by atoms with van der Waals surface area (Å²) in [5.74, 6) is 1.02. The Morgan fingerprint density at radius 3 is 3.06 bits per heavy atom. The molecule has 2 rings (SSSR count). The van der Waals surface area contributed by atoms with Crippen LogP contribution >= 0.6 is 0 Å². The molecule has 1 saturated heterocycles. The minimum Gasteiger partial charge on any atom is -0.376 e. The van der Waals surface area contributed by atoms with Gasteiger partial charge in [-0.2, -0.15) is 0 Å². The molecule has 1 aliphatic heterocycles. The van der Waals surface area contributed by atoms with Crippen LogP contribution in [0.3, 0.4) is 0 Å². The lowest BCUT2D eigenvalue weighted by Crippen LogP contribution is -2.69. The van der Waals surface area contributed by atoms with Crippen LogP contribution in [0.4, 0.5) is 0 Å². The highest BCUT2D eigenvalue weighted by Crippen LogP contribution is 2.37. The zero-order valence-corrected chi connectivity index (χ0v) is 10.1. The maximum atomic E-state index is 11.7. The molecule has 0 spiro atoms. The van der Waals surface area contributed by atoms with Crippen molar-refractivity contribution in [3.05, 3.63) is 0 Å². The van der Waals surface area contributed by atoms with Gasteiger partial charge in [-0.25, -0.2) is 0 Å². The zero-order valence-electron chi connectivity index (χ0n) is 10.1. The van der Waals surface area contributed by atoms with Gasteiger partial charge >= 0.3 is 0 Å². The maximum Gasteiger partial charge on any atom is 0.220 e. The van der Waals surface area contributed by atoms with Crippen molar-refractivity contribution in [3.8, 4) is 0 Å². The predicted octanol–water partition coefficient (Wildman–Crippen LogP) is 0.653. The van der Waals surface area contributed by atoms with E-state index in [-0.39, 0.29) is 24.1 Å². The third-order valence-electron chi connectivity index (χ3n) is 4.00. The van der Waals surface area contributed by atoms with Gasteiger partial charge in [0.05, 0.1) is 12.1 Å². The summed E-state index contributed by atoms with van der Waals surface area (Å²) in [6.45, 7) is 4.99. The van der Waals surface area contributed by atoms with E-state index in [0.29, 0.717) is 18.3 Å². The molecule has 4 heteroatoms. The normalized spacial score (nSPS) is 38.7. The van der Waals surface area contributed by atoms with E-state index < -0.39 is 0 Å². The minimum absolute atomic E-state index is 0.0454. The molecule has 0 aromatic rings. The van der Waals surface area contributed by atoms with E-state index in [4.69, 9.17) is 10.5 Å². The molecule has 1 saturated carbocycles. The number of carbonyl (C=O) groups is 1. The molecule has 0 bridgehead atoms. The molecule has 4 nitrogen and oxygen atoms in total. The topological polar surface area (TPSA) is 64.4 Å². The van der Waals surface area contributed by atoms with Gasteiger partial charge in [-0.05, 0) is 12.3 Å². The van der Waals surface area contributed by atoms with E-state index >= 15 is 0 Å². The molecule has 16 heavy (non-hydrogen) atoms. The number of nitrogens with one attached hydrogen (secondary N) is 1. The highest BCUT2D eigenvalue weighted by molar-refractivity contribution is 5.76. The number of nitrogens with two attached hydrogens (primary N) is 1. The Labute approximate surface area is 96.9 Å². The Balaban J connectivity index is 1.79. The molecule has 92 valence electrons. The second kappa shape index (κ2) is 4.72. The Hall–Kier alpha value is -0.610. The molecule has 0 radical (unpaired) electrons. The lowest BCUT2D eigenvalue weighted by Gasteiger charge is -2.45. The molecular formula is C12H22N2O2. The average Bonchev–Trinajstić information content (AvgIpc) is 2.70. The van der Waals surface area contributed by atoms with E-state index in [1.165, 1.54) is 0 Å². The maximum absolute atomic E-state index is 11.7. The van der Waals surface area contributed by atoms with Gasteiger partial charge in [-0.1, -0.05) is 20.3 Å². The Morgan fingerprint density at radius 1 is 1.62 bits per heavy atom. The van der Waals surface area contributed by atoms with Crippen LogP contribution in [0, 0.1) is 11.8 Å². The van der Waals surface area contributed by atoms with E-state index in [9.17, 15) is 4.79 Å². The van der Waals surface area contributed by atoms with Gasteiger partial charge in [-0.15, -0.1) is 0 Å². The first-order chi connectivity index (χ1) is 7.63. The SMILES string of the molecule is CCC(C)CC(=O)NC1C(N)C2CCOC21. The number of ether oxygens (including phenoxy) is 1. The van der Waals surface area contributed by atoms with Crippen molar-refractivity contribution in [2.75, 3.05) is 6.61 Å². The fraction of sp³-hybridized carbons (Fsp3) is 0.917. The number of amides is 1. The Morgan fingerprint density at radius 2 is 2.38 bits per heavy atom. The first-order valence-electron chi connectivity index (χ1n) is 6.30. The first-order valence-corrected chi connectivity index (χ1v) is 6.30. The van der Waals surface area contributed by atoms with Crippen LogP contribution in [0.5, 0.6) is 0 Å². The van der Waals surface area contributed by atoms with Crippen molar-refractivity contribution >= 4 is 5.91 Å². The molecule has 5 atom stereocenters. The summed E-state index contributed by atoms with van der Waals surface area (Å²) in [7, 11) is 0. The van der Waals surface area contributed by atoms with Gasteiger partial charge in [0.25, 0.3) is 0 Å². The number of fused-ring (bicyclic) bond motifs is 1. The summed E-state index contributed by atoms with van der Waals surface area (Å²) in [6.07, 6.45) is 2.85. The van der Waals surface area contributed by atoms with Crippen molar-refractivity contribution < 1.29 is 9.53 Å². The van der Waals surface area contributed by atoms with Crippen LogP contribution in [0.1, 0.15) is 33.1 Å². The monoisotopic (exact) mass is 226 g/mol. The van der Waals surface area contributed by atoms with E-state index in [0.717, 1.165) is 19.4 Å². The van der Waals surface area contributed by atoms with Crippen LogP contribution in [0.25, 0.3) is 0 Å². The number of rotatable bonds is 4. The molecule has 3 N–H and O–H groups in total. The molecule has 0 aromatic carbocycles. The summed E-state index contributed by atoms with van der Waals surface area (Å²) in [5.41, 5.74) is 6.02. The Bertz CT molecular complexity index is 270. The summed E-state index contributed by atoms with van der Waals surface area (Å²) in [6, 6.07) is 0.137. The van der Waals surface area contributed by atoms with Gasteiger partial charge < -0.3 is 15.8 Å². The van der Waals surface area contributed by atoms with Crippen molar-refractivity contribution in [1.82, 2.24) is 5.32 Å². The predicted molar refractivity (Wildman–Crippen MR) is 61.8 cm³/mol. The molecule has 1 aliphatic carbocycles. The average molecular weight is 226 g/mol. The molecule has 5 unspecified atom stereocenters. The zero-order chi connectivity index (χ0) is 11.7. The minimum atomic E-state index is 0.0454. The smallest absolute Gasteiger partial charge is 0.220 e. The van der Waals surface area contributed by atoms with Gasteiger partial charge in [0.2, 0.25) is 5.91 Å². The van der Waals surface area contributed by atoms with Crippen LogP contribution < -0.4 is 11.1 Å². The van der Waals surface area contributed by atoms with Crippen molar-refractivity contribution in [2.24, 2.45) is 17.6 Å². The molecular weight excluding hydrogens is 204 g/mol. The largest absolute Gasteiger partial charge is 0.376 e. The van der Waals surface area contributed by atoms with Gasteiger partial charge in [0.1, 0.15) is 0 Å². The summed E-state index contributed by atoms with van der Waals surface area (Å²) in [5, 5.41) is 3.01. The lowest BCUT2D eigenvalue weighted by molar-refractivity contribution is -0.126. The number of carbonyl (C=O) groups excluding carboxylic acids is 1. The van der Waals surface area contributed by atoms with Crippen LogP contribution in [0.15, 0.2) is 0 Å². The summed E-state index contributed by atoms with van der Waals surface area (Å²) in [4.78, 5) is 11.7. The van der Waals surface area contributed by atoms with Crippen LogP contribution in [-0.2, 0) is 9.53 Å². The van der Waals surface area contributed by atoms with Crippen LogP contribution in [0.2, 0.25) is 0 Å². The second-order valence-electron chi connectivity index (χ2n) is 5.18. The quantitative estimate of drug-likeness (QED) is 0.740. The van der Waals surface area contributed by atoms with Crippen molar-refractivity contribution in [1.29, 1.82) is 0 Å². The molecule has 1 amide bonds. The molecule has 2 fully saturated rings. The highest BCUT2D eigenvalue weighted by Gasteiger charge is 2.52. The third-order valence-corrected chi connectivity index (χ3v) is 4.00. The Kier molecular flexibility index (Phi) is 3.50. The highest BCUT2D eigenvalue weighted by atomic mass is 16.5. The fourth-order valence-electron chi connectivity index (χ4n) is 2.63. The van der Waals surface area contributed by atoms with E-state index in [1.807, 2.05) is 0 Å². The summed E-state index contributed by atoms with van der Waals surface area (Å²) >= 11 is 0. The van der Waals surface area contributed by atoms with Gasteiger partial charge in [0.15, 0.2) is 0 Å². The van der Waals surface area contributed by atoms with Crippen LogP contribution in [-0.4, -0.2) is 30.7 Å². The first kappa shape index (κ1) is 11.9. The van der Waals surface area contributed by atoms with E-state index in [1.54, 1.807) is 0 Å². The molecule has 0 aromatic heterocycles. The lowest BCUT2D eigenvalue weighted by atomic mass is 9.72. The number of hydrogen-bond donors (Lipinski definition) is 2. The fourth-order valence-corrected chi connectivity index (χ4v) is 2.63. The van der Waals surface area contributed by atoms with Crippen molar-refractivity contribution in [2.45, 2.75) is 51.3 Å². The van der Waals surface area contributed by atoms with Gasteiger partial charge in [-0.3, -0.25) is 4.79 Å². The number of hydrogen-bond acceptors (Lipinski definition) is 3. The van der Waals surface area contributed by atoms with Gasteiger partial charge in [0, 0.05) is 25.0 Å². The second-order valence-corrected chi connectivity index (χ2v) is 5.18.